The molecule has 2 aromatic heterocycles. The van der Waals surface area contributed by atoms with Crippen molar-refractivity contribution >= 4 is 21.6 Å². The van der Waals surface area contributed by atoms with Crippen LogP contribution in [0.4, 0.5) is 4.39 Å². The fraction of sp³-hybridized carbons (Fsp3) is 0.278. The third-order valence-electron chi connectivity index (χ3n) is 4.70. The van der Waals surface area contributed by atoms with Gasteiger partial charge in [-0.25, -0.2) is 17.8 Å². The van der Waals surface area contributed by atoms with Crippen molar-refractivity contribution in [2.45, 2.75) is 31.4 Å². The third-order valence-corrected chi connectivity index (χ3v) is 5.30. The average molecular weight is 370 g/mol. The van der Waals surface area contributed by atoms with E-state index in [0.717, 1.165) is 23.9 Å². The van der Waals surface area contributed by atoms with Gasteiger partial charge in [0, 0.05) is 22.4 Å². The predicted octanol–water partition coefficient (Wildman–Crippen LogP) is 2.93. The highest BCUT2D eigenvalue weighted by atomic mass is 32.2. The summed E-state index contributed by atoms with van der Waals surface area (Å²) in [5.41, 5.74) is 3.34. The molecule has 0 spiro atoms. The zero-order chi connectivity index (χ0) is 18.4. The number of H-pyrrole nitrogens is 1. The van der Waals surface area contributed by atoms with E-state index in [-0.39, 0.29) is 17.0 Å². The number of nitrogens with one attached hydrogen (secondary N) is 1. The number of benzene rings is 1. The zero-order valence-corrected chi connectivity index (χ0v) is 14.8. The normalized spacial score (nSPS) is 14.1. The van der Waals surface area contributed by atoms with Crippen LogP contribution in [0.25, 0.3) is 22.0 Å². The molecule has 8 heteroatoms. The largest absolute Gasteiger partial charge is 0.276 e. The van der Waals surface area contributed by atoms with E-state index in [9.17, 15) is 18.1 Å². The van der Waals surface area contributed by atoms with Crippen molar-refractivity contribution in [1.29, 1.82) is 5.26 Å². The molecule has 1 fully saturated rings. The van der Waals surface area contributed by atoms with Gasteiger partial charge >= 0.3 is 0 Å². The second kappa shape index (κ2) is 6.18. The van der Waals surface area contributed by atoms with Crippen molar-refractivity contribution in [3.05, 3.63) is 46.7 Å². The first-order valence-electron chi connectivity index (χ1n) is 8.18. The van der Waals surface area contributed by atoms with E-state index in [2.05, 4.69) is 15.2 Å². The zero-order valence-electron chi connectivity index (χ0n) is 13.9. The Morgan fingerprint density at radius 1 is 1.38 bits per heavy atom. The Hall–Kier alpha value is -2.79. The molecule has 0 bridgehead atoms. The highest BCUT2D eigenvalue weighted by Gasteiger charge is 2.31. The molecule has 2 heterocycles. The summed E-state index contributed by atoms with van der Waals surface area (Å²) in [6, 6.07) is 4.86. The van der Waals surface area contributed by atoms with Crippen LogP contribution in [0, 0.1) is 24.1 Å². The second-order valence-electron chi connectivity index (χ2n) is 6.51. The lowest BCUT2D eigenvalue weighted by Gasteiger charge is -2.11. The Labute approximate surface area is 150 Å². The Morgan fingerprint density at radius 2 is 2.15 bits per heavy atom. The van der Waals surface area contributed by atoms with Gasteiger partial charge in [0.2, 0.25) is 0 Å². The number of pyridine rings is 1. The maximum absolute atomic E-state index is 14.9. The molecule has 0 saturated heterocycles. The first-order chi connectivity index (χ1) is 12.5. The highest BCUT2D eigenvalue weighted by Crippen LogP contribution is 2.45. The van der Waals surface area contributed by atoms with Crippen LogP contribution in [-0.2, 0) is 16.5 Å². The molecule has 1 saturated carbocycles. The Balaban J connectivity index is 2.01. The number of aryl methyl sites for hydroxylation is 1. The number of nitrogens with zero attached hydrogens (tertiary/aromatic N) is 3. The summed E-state index contributed by atoms with van der Waals surface area (Å²) in [6.07, 6.45) is 3.57. The van der Waals surface area contributed by atoms with E-state index in [1.165, 1.54) is 12.3 Å². The molecular weight excluding hydrogens is 355 g/mol. The molecule has 6 nitrogen and oxygen atoms in total. The molecule has 1 N–H and O–H groups in total. The number of hydrogen-bond donors (Lipinski definition) is 2. The SMILES string of the molecule is Cc1cc(-c2c(C#N)ncc3[nH]nc(C4CC4)c23)c(F)cc1C[SH](=O)=O. The van der Waals surface area contributed by atoms with Gasteiger partial charge in [0.05, 0.1) is 23.2 Å². The van der Waals surface area contributed by atoms with E-state index in [1.807, 2.05) is 6.07 Å². The topological polar surface area (TPSA) is 99.5 Å². The molecule has 132 valence electrons. The van der Waals surface area contributed by atoms with Crippen molar-refractivity contribution in [1.82, 2.24) is 15.2 Å². The lowest BCUT2D eigenvalue weighted by Crippen LogP contribution is -1.99. The highest BCUT2D eigenvalue weighted by molar-refractivity contribution is 7.71. The number of hydrogen-bond acceptors (Lipinski definition) is 5. The molecule has 26 heavy (non-hydrogen) atoms. The lowest BCUT2D eigenvalue weighted by atomic mass is 9.94. The minimum Gasteiger partial charge on any atom is -0.276 e. The molecule has 0 unspecified atom stereocenters. The van der Waals surface area contributed by atoms with Gasteiger partial charge in [-0.15, -0.1) is 0 Å². The van der Waals surface area contributed by atoms with Crippen LogP contribution in [0.3, 0.4) is 0 Å². The first kappa shape index (κ1) is 16.7. The Bertz CT molecular complexity index is 1150. The van der Waals surface area contributed by atoms with Gasteiger partial charge in [-0.1, -0.05) is 0 Å². The maximum atomic E-state index is 14.9. The van der Waals surface area contributed by atoms with E-state index in [1.54, 1.807) is 13.0 Å². The molecule has 0 amide bonds. The predicted molar refractivity (Wildman–Crippen MR) is 94.7 cm³/mol. The number of aromatic amines is 1. The molecule has 1 aliphatic rings. The van der Waals surface area contributed by atoms with E-state index in [0.29, 0.717) is 28.1 Å². The standard InChI is InChI=1S/C18H15FN4O2S/c1-9-4-12(13(19)5-11(9)8-26(24)25)16-14(6-20)21-7-15-17(16)18(23-22-15)10-2-3-10/h4-5,7,10,26H,2-3,8H2,1H3,(H,22,23). The van der Waals surface area contributed by atoms with E-state index < -0.39 is 16.5 Å². The van der Waals surface area contributed by atoms with Crippen molar-refractivity contribution in [2.24, 2.45) is 0 Å². The van der Waals surface area contributed by atoms with Crippen molar-refractivity contribution in [3.63, 3.8) is 0 Å². The molecule has 0 aliphatic heterocycles. The smallest absolute Gasteiger partial charge is 0.149 e. The van der Waals surface area contributed by atoms with Crippen LogP contribution in [0.2, 0.25) is 0 Å². The molecule has 0 radical (unpaired) electrons. The Kier molecular flexibility index (Phi) is 3.96. The van der Waals surface area contributed by atoms with Crippen LogP contribution >= 0.6 is 0 Å². The molecule has 4 rings (SSSR count). The molecule has 3 aromatic rings. The summed E-state index contributed by atoms with van der Waals surface area (Å²) in [6.45, 7) is 1.73. The lowest BCUT2D eigenvalue weighted by molar-refractivity contribution is 0.612. The summed E-state index contributed by atoms with van der Waals surface area (Å²) >= 11 is 0. The molecule has 1 aliphatic carbocycles. The van der Waals surface area contributed by atoms with Gasteiger partial charge in [-0.3, -0.25) is 5.10 Å². The second-order valence-corrected chi connectivity index (χ2v) is 7.50. The molecule has 0 atom stereocenters. The van der Waals surface area contributed by atoms with Crippen LogP contribution in [0.15, 0.2) is 18.3 Å². The summed E-state index contributed by atoms with van der Waals surface area (Å²) in [5, 5.41) is 17.5. The van der Waals surface area contributed by atoms with Crippen LogP contribution < -0.4 is 0 Å². The quantitative estimate of drug-likeness (QED) is 0.688. The van der Waals surface area contributed by atoms with Crippen LogP contribution in [0.1, 0.15) is 41.3 Å². The van der Waals surface area contributed by atoms with E-state index in [4.69, 9.17) is 0 Å². The first-order valence-corrected chi connectivity index (χ1v) is 9.54. The van der Waals surface area contributed by atoms with Crippen molar-refractivity contribution in [2.75, 3.05) is 0 Å². The number of rotatable bonds is 4. The van der Waals surface area contributed by atoms with Crippen LogP contribution in [0.5, 0.6) is 0 Å². The third kappa shape index (κ3) is 2.74. The maximum Gasteiger partial charge on any atom is 0.149 e. The summed E-state index contributed by atoms with van der Waals surface area (Å²) in [4.78, 5) is 4.14. The summed E-state index contributed by atoms with van der Waals surface area (Å²) in [7, 11) is -2.65. The van der Waals surface area contributed by atoms with Gasteiger partial charge < -0.3 is 0 Å². The fourth-order valence-electron chi connectivity index (χ4n) is 3.26. The van der Waals surface area contributed by atoms with Gasteiger partial charge in [-0.2, -0.15) is 10.4 Å². The minimum absolute atomic E-state index is 0.127. The number of fused-ring (bicyclic) bond motifs is 1. The van der Waals surface area contributed by atoms with Crippen molar-refractivity contribution in [3.8, 4) is 17.2 Å². The molecule has 1 aromatic carbocycles. The number of aromatic nitrogens is 3. The average Bonchev–Trinajstić information content (AvgIpc) is 3.35. The van der Waals surface area contributed by atoms with Crippen molar-refractivity contribution < 1.29 is 12.8 Å². The summed E-state index contributed by atoms with van der Waals surface area (Å²) in [5.74, 6) is -0.481. The number of nitriles is 1. The number of halogens is 1. The Morgan fingerprint density at radius 3 is 2.81 bits per heavy atom. The van der Waals surface area contributed by atoms with Gasteiger partial charge in [-0.05, 0) is 43.0 Å². The van der Waals surface area contributed by atoms with E-state index >= 15 is 0 Å². The van der Waals surface area contributed by atoms with Gasteiger partial charge in [0.1, 0.15) is 28.3 Å². The number of thiol groups is 1. The fourth-order valence-corrected chi connectivity index (χ4v) is 3.88. The van der Waals surface area contributed by atoms with Gasteiger partial charge in [0.15, 0.2) is 0 Å². The molecular formula is C18H15FN4O2S. The monoisotopic (exact) mass is 370 g/mol. The summed E-state index contributed by atoms with van der Waals surface area (Å²) < 4.78 is 36.9. The van der Waals surface area contributed by atoms with Crippen LogP contribution in [-0.4, -0.2) is 23.6 Å². The minimum atomic E-state index is -2.65. The van der Waals surface area contributed by atoms with Gasteiger partial charge in [0.25, 0.3) is 0 Å².